The van der Waals surface area contributed by atoms with E-state index in [0.717, 1.165) is 22.6 Å². The summed E-state index contributed by atoms with van der Waals surface area (Å²) in [6.45, 7) is 5.02. The smallest absolute Gasteiger partial charge is 0.367 e. The lowest BCUT2D eigenvalue weighted by Crippen LogP contribution is -2.49. The molecule has 0 unspecified atom stereocenters. The van der Waals surface area contributed by atoms with Crippen LogP contribution in [0.1, 0.15) is 30.7 Å². The van der Waals surface area contributed by atoms with Crippen LogP contribution in [0.15, 0.2) is 30.3 Å². The fourth-order valence-corrected chi connectivity index (χ4v) is 3.68. The molecular weight excluding hydrogens is 409 g/mol. The number of alkyl halides is 3. The lowest BCUT2D eigenvalue weighted by atomic mass is 9.98. The molecule has 0 saturated carbocycles. The monoisotopic (exact) mass is 436 g/mol. The van der Waals surface area contributed by atoms with Crippen LogP contribution in [0, 0.1) is 12.8 Å². The molecule has 0 bridgehead atoms. The zero-order valence-electron chi connectivity index (χ0n) is 18.0. The van der Waals surface area contributed by atoms with E-state index in [2.05, 4.69) is 20.4 Å². The second kappa shape index (κ2) is 9.13. The van der Waals surface area contributed by atoms with Gasteiger partial charge in [0.1, 0.15) is 18.5 Å². The maximum absolute atomic E-state index is 12.4. The third-order valence-electron chi connectivity index (χ3n) is 5.16. The van der Waals surface area contributed by atoms with Gasteiger partial charge in [0, 0.05) is 19.7 Å². The number of likely N-dealkylation sites (N-methyl/N-ethyl adjacent to an activating group) is 1. The Morgan fingerprint density at radius 1 is 1.23 bits per heavy atom. The quantitative estimate of drug-likeness (QED) is 0.669. The second-order valence-electron chi connectivity index (χ2n) is 8.05. The highest BCUT2D eigenvalue weighted by Crippen LogP contribution is 2.36. The zero-order valence-corrected chi connectivity index (χ0v) is 18.0. The maximum atomic E-state index is 12.4. The third kappa shape index (κ3) is 5.66. The number of aryl methyl sites for hydroxylation is 1. The summed E-state index contributed by atoms with van der Waals surface area (Å²) < 4.78 is 41.2. The Morgan fingerprint density at radius 2 is 1.87 bits per heavy atom. The third-order valence-corrected chi connectivity index (χ3v) is 5.16. The molecule has 0 saturated heterocycles. The number of anilines is 3. The van der Waals surface area contributed by atoms with Crippen molar-refractivity contribution in [2.75, 3.05) is 29.2 Å². The lowest BCUT2D eigenvalue weighted by Gasteiger charge is -2.38. The van der Waals surface area contributed by atoms with Gasteiger partial charge in [-0.05, 0) is 24.0 Å². The number of carbonyl (C=O) groups is 1. The van der Waals surface area contributed by atoms with E-state index in [0.29, 0.717) is 17.9 Å². The summed E-state index contributed by atoms with van der Waals surface area (Å²) in [5.41, 5.74) is 3.98. The van der Waals surface area contributed by atoms with Crippen molar-refractivity contribution in [3.63, 3.8) is 0 Å². The number of ether oxygens (including phenoxy) is 1. The van der Waals surface area contributed by atoms with Crippen molar-refractivity contribution in [3.8, 4) is 0 Å². The van der Waals surface area contributed by atoms with Crippen molar-refractivity contribution < 1.29 is 22.7 Å². The number of halogens is 3. The van der Waals surface area contributed by atoms with Gasteiger partial charge in [-0.2, -0.15) is 13.2 Å². The minimum atomic E-state index is -4.32. The molecule has 168 valence electrons. The molecule has 1 aliphatic heterocycles. The number of pyridine rings is 1. The summed E-state index contributed by atoms with van der Waals surface area (Å²) in [5.74, 6) is 0.802. The van der Waals surface area contributed by atoms with E-state index in [1.165, 1.54) is 0 Å². The summed E-state index contributed by atoms with van der Waals surface area (Å²) in [5, 5.41) is 6.25. The highest BCUT2D eigenvalue weighted by atomic mass is 19.4. The molecule has 1 amide bonds. The van der Waals surface area contributed by atoms with Gasteiger partial charge in [0.2, 0.25) is 5.91 Å². The highest BCUT2D eigenvalue weighted by molar-refractivity contribution is 6.04. The molecule has 0 spiro atoms. The van der Waals surface area contributed by atoms with E-state index in [9.17, 15) is 18.0 Å². The van der Waals surface area contributed by atoms with Crippen molar-refractivity contribution in [1.82, 2.24) is 4.98 Å². The standard InChI is InChI=1S/C22H27F3N4O2/c1-13(2)20-21(30)28-19-14(3)27-18(9-17(19)29(20)4)26-10-15-5-7-16(8-6-15)11-31-12-22(23,24)25/h5-9,13,20H,10-12H2,1-4H3,(H,26,27)(H,28,30)/t20-/m0/s1. The first-order chi connectivity index (χ1) is 14.5. The predicted octanol–water partition coefficient (Wildman–Crippen LogP) is 4.49. The molecule has 0 aliphatic carbocycles. The minimum Gasteiger partial charge on any atom is -0.367 e. The van der Waals surface area contributed by atoms with Gasteiger partial charge < -0.3 is 20.3 Å². The molecule has 9 heteroatoms. The SMILES string of the molecule is Cc1nc(NCc2ccc(COCC(F)(F)F)cc2)cc2c1NC(=O)[C@H](C(C)C)N2C. The zero-order chi connectivity index (χ0) is 22.8. The molecule has 2 aromatic rings. The number of benzene rings is 1. The first-order valence-electron chi connectivity index (χ1n) is 10.1. The Bertz CT molecular complexity index is 930. The number of amides is 1. The van der Waals surface area contributed by atoms with Crippen molar-refractivity contribution in [3.05, 3.63) is 47.2 Å². The van der Waals surface area contributed by atoms with Crippen molar-refractivity contribution in [1.29, 1.82) is 0 Å². The largest absolute Gasteiger partial charge is 0.411 e. The van der Waals surface area contributed by atoms with E-state index in [-0.39, 0.29) is 24.5 Å². The summed E-state index contributed by atoms with van der Waals surface area (Å²) >= 11 is 0. The van der Waals surface area contributed by atoms with Crippen molar-refractivity contribution in [2.24, 2.45) is 5.92 Å². The Labute approximate surface area is 179 Å². The van der Waals surface area contributed by atoms with Crippen LogP contribution in [0.2, 0.25) is 0 Å². The van der Waals surface area contributed by atoms with Crippen molar-refractivity contribution >= 4 is 23.1 Å². The number of carbonyl (C=O) groups excluding carboxylic acids is 1. The second-order valence-corrected chi connectivity index (χ2v) is 8.05. The summed E-state index contributed by atoms with van der Waals surface area (Å²) in [6, 6.07) is 8.83. The first-order valence-corrected chi connectivity index (χ1v) is 10.1. The molecule has 3 rings (SSSR count). The predicted molar refractivity (Wildman–Crippen MR) is 114 cm³/mol. The van der Waals surface area contributed by atoms with E-state index in [4.69, 9.17) is 0 Å². The van der Waals surface area contributed by atoms with Crippen LogP contribution in [-0.2, 0) is 22.7 Å². The topological polar surface area (TPSA) is 66.5 Å². The average Bonchev–Trinajstić information content (AvgIpc) is 2.67. The van der Waals surface area contributed by atoms with Gasteiger partial charge >= 0.3 is 6.18 Å². The maximum Gasteiger partial charge on any atom is 0.411 e. The number of hydrogen-bond acceptors (Lipinski definition) is 5. The van der Waals surface area contributed by atoms with Crippen LogP contribution < -0.4 is 15.5 Å². The van der Waals surface area contributed by atoms with Crippen LogP contribution >= 0.6 is 0 Å². The number of fused-ring (bicyclic) bond motifs is 1. The summed E-state index contributed by atoms with van der Waals surface area (Å²) in [7, 11) is 1.91. The van der Waals surface area contributed by atoms with E-state index in [1.807, 2.05) is 50.9 Å². The lowest BCUT2D eigenvalue weighted by molar-refractivity contribution is -0.176. The fourth-order valence-electron chi connectivity index (χ4n) is 3.68. The van der Waals surface area contributed by atoms with Gasteiger partial charge in [0.15, 0.2) is 0 Å². The molecule has 6 nitrogen and oxygen atoms in total. The number of nitrogens with zero attached hydrogens (tertiary/aromatic N) is 2. The van der Waals surface area contributed by atoms with Gasteiger partial charge in [-0.15, -0.1) is 0 Å². The van der Waals surface area contributed by atoms with Crippen LogP contribution in [0.4, 0.5) is 30.4 Å². The van der Waals surface area contributed by atoms with E-state index in [1.54, 1.807) is 12.1 Å². The molecule has 1 aromatic carbocycles. The van der Waals surface area contributed by atoms with Crippen LogP contribution in [-0.4, -0.2) is 36.8 Å². The Morgan fingerprint density at radius 3 is 2.48 bits per heavy atom. The molecule has 2 heterocycles. The molecule has 1 aromatic heterocycles. The van der Waals surface area contributed by atoms with Gasteiger partial charge in [-0.25, -0.2) is 4.98 Å². The van der Waals surface area contributed by atoms with Crippen LogP contribution in [0.3, 0.4) is 0 Å². The Hall–Kier alpha value is -2.81. The molecule has 1 atom stereocenters. The van der Waals surface area contributed by atoms with Crippen LogP contribution in [0.25, 0.3) is 0 Å². The fraction of sp³-hybridized carbons (Fsp3) is 0.455. The summed E-state index contributed by atoms with van der Waals surface area (Å²) in [4.78, 5) is 19.0. The molecule has 2 N–H and O–H groups in total. The number of aromatic nitrogens is 1. The van der Waals surface area contributed by atoms with Gasteiger partial charge in [-0.1, -0.05) is 38.1 Å². The Balaban J connectivity index is 1.65. The highest BCUT2D eigenvalue weighted by Gasteiger charge is 2.34. The number of nitrogens with one attached hydrogen (secondary N) is 2. The van der Waals surface area contributed by atoms with E-state index >= 15 is 0 Å². The van der Waals surface area contributed by atoms with Gasteiger partial charge in [0.25, 0.3) is 0 Å². The minimum absolute atomic E-state index is 0.0325. The molecule has 0 radical (unpaired) electrons. The first kappa shape index (κ1) is 22.9. The molecule has 1 aliphatic rings. The molecular formula is C22H27F3N4O2. The normalized spacial score (nSPS) is 16.3. The van der Waals surface area contributed by atoms with E-state index < -0.39 is 12.8 Å². The number of hydrogen-bond donors (Lipinski definition) is 2. The summed E-state index contributed by atoms with van der Waals surface area (Å²) in [6.07, 6.45) is -4.32. The average molecular weight is 436 g/mol. The van der Waals surface area contributed by atoms with Gasteiger partial charge in [-0.3, -0.25) is 4.79 Å². The number of rotatable bonds is 7. The van der Waals surface area contributed by atoms with Gasteiger partial charge in [0.05, 0.1) is 23.7 Å². The van der Waals surface area contributed by atoms with Crippen molar-refractivity contribution in [2.45, 2.75) is 46.1 Å². The Kier molecular flexibility index (Phi) is 6.74. The molecule has 0 fully saturated rings. The van der Waals surface area contributed by atoms with Crippen LogP contribution in [0.5, 0.6) is 0 Å². The molecule has 31 heavy (non-hydrogen) atoms.